The third-order valence-electron chi connectivity index (χ3n) is 8.57. The fourth-order valence-corrected chi connectivity index (χ4v) is 8.36. The topological polar surface area (TPSA) is 96.0 Å². The minimum absolute atomic E-state index is 0.0350. The van der Waals surface area contributed by atoms with Gasteiger partial charge in [0, 0.05) is 28.4 Å². The molecule has 11 heteroatoms. The minimum Gasteiger partial charge on any atom is -0.492 e. The molecule has 1 N–H and O–H groups in total. The summed E-state index contributed by atoms with van der Waals surface area (Å²) in [5, 5.41) is 3.21. The Balaban J connectivity index is 1.59. The zero-order valence-electron chi connectivity index (χ0n) is 27.8. The maximum atomic E-state index is 14.8. The summed E-state index contributed by atoms with van der Waals surface area (Å²) in [5.41, 5.74) is 1.93. The van der Waals surface area contributed by atoms with Gasteiger partial charge in [0.05, 0.1) is 17.2 Å². The van der Waals surface area contributed by atoms with Crippen LogP contribution in [0.15, 0.2) is 117 Å². The van der Waals surface area contributed by atoms with E-state index in [1.807, 2.05) is 67.8 Å². The lowest BCUT2D eigenvalue weighted by Gasteiger charge is -2.34. The third-order valence-corrected chi connectivity index (χ3v) is 11.6. The van der Waals surface area contributed by atoms with Crippen molar-refractivity contribution in [2.24, 2.45) is 0 Å². The molecule has 0 bridgehead atoms. The molecule has 258 valence electrons. The van der Waals surface area contributed by atoms with Crippen LogP contribution in [0.5, 0.6) is 5.75 Å². The fourth-order valence-electron chi connectivity index (χ4n) is 6.08. The van der Waals surface area contributed by atoms with E-state index in [9.17, 15) is 18.0 Å². The maximum Gasteiger partial charge on any atom is 0.264 e. The zero-order chi connectivity index (χ0) is 34.8. The molecule has 5 rings (SSSR count). The lowest BCUT2D eigenvalue weighted by Crippen LogP contribution is -2.54. The second kappa shape index (κ2) is 17.2. The van der Waals surface area contributed by atoms with Gasteiger partial charge in [0.15, 0.2) is 0 Å². The highest BCUT2D eigenvalue weighted by molar-refractivity contribution is 9.10. The van der Waals surface area contributed by atoms with Gasteiger partial charge in [0.25, 0.3) is 10.0 Å². The Hall–Kier alpha value is -3.80. The molecule has 0 spiro atoms. The summed E-state index contributed by atoms with van der Waals surface area (Å²) in [7, 11) is -4.26. The molecule has 0 saturated heterocycles. The normalized spacial score (nSPS) is 13.9. The highest BCUT2D eigenvalue weighted by Crippen LogP contribution is 2.33. The van der Waals surface area contributed by atoms with E-state index in [-0.39, 0.29) is 35.5 Å². The lowest BCUT2D eigenvalue weighted by atomic mass is 10.0. The summed E-state index contributed by atoms with van der Waals surface area (Å²) in [4.78, 5) is 31.5. The van der Waals surface area contributed by atoms with Gasteiger partial charge >= 0.3 is 0 Å². The van der Waals surface area contributed by atoms with Gasteiger partial charge in [-0.3, -0.25) is 13.9 Å². The number of hydrogen-bond donors (Lipinski definition) is 1. The van der Waals surface area contributed by atoms with E-state index in [1.54, 1.807) is 48.5 Å². The Morgan fingerprint density at radius 3 is 2.27 bits per heavy atom. The highest BCUT2D eigenvalue weighted by Gasteiger charge is 2.36. The van der Waals surface area contributed by atoms with E-state index < -0.39 is 28.5 Å². The van der Waals surface area contributed by atoms with Crippen molar-refractivity contribution in [1.82, 2.24) is 10.2 Å². The quantitative estimate of drug-likeness (QED) is 0.126. The van der Waals surface area contributed by atoms with E-state index in [0.29, 0.717) is 12.4 Å². The largest absolute Gasteiger partial charge is 0.492 e. The van der Waals surface area contributed by atoms with Crippen LogP contribution in [-0.4, -0.2) is 56.6 Å². The second-order valence-corrected chi connectivity index (χ2v) is 15.6. The SMILES string of the molecule is CCOc1ccccc1N(CC(=O)N(Cc1cccc(Br)c1)[C@@H](Cc1ccccc1)C(=O)NC1CCCC1)S(=O)(=O)c1ccc(SC)cc1. The van der Waals surface area contributed by atoms with Crippen LogP contribution < -0.4 is 14.4 Å². The maximum absolute atomic E-state index is 14.8. The predicted octanol–water partition coefficient (Wildman–Crippen LogP) is 7.46. The van der Waals surface area contributed by atoms with E-state index in [2.05, 4.69) is 21.2 Å². The average molecular weight is 765 g/mol. The molecule has 4 aromatic rings. The van der Waals surface area contributed by atoms with E-state index >= 15 is 0 Å². The first-order valence-corrected chi connectivity index (χ1v) is 19.9. The summed E-state index contributed by atoms with van der Waals surface area (Å²) in [6, 6.07) is 29.7. The van der Waals surface area contributed by atoms with E-state index in [0.717, 1.165) is 50.5 Å². The average Bonchev–Trinajstić information content (AvgIpc) is 3.62. The van der Waals surface area contributed by atoms with Gasteiger partial charge in [-0.1, -0.05) is 83.4 Å². The molecular weight excluding hydrogens is 722 g/mol. The summed E-state index contributed by atoms with van der Waals surface area (Å²) in [6.07, 6.45) is 6.04. The number of ether oxygens (including phenoxy) is 1. The molecule has 4 aromatic carbocycles. The lowest BCUT2D eigenvalue weighted by molar-refractivity contribution is -0.140. The van der Waals surface area contributed by atoms with E-state index in [4.69, 9.17) is 4.74 Å². The standard InChI is InChI=1S/C38H42BrN3O5S2/c1-3-47-36-19-10-9-18-34(36)42(49(45,46)33-22-20-32(48-2)21-23-33)27-37(43)41(26-29-14-11-15-30(39)24-29)35(25-28-12-5-4-6-13-28)38(44)40-31-16-7-8-17-31/h4-6,9-15,18-24,31,35H,3,7-8,16-17,25-27H2,1-2H3,(H,40,44)/t35-/m0/s1. The number of rotatable bonds is 15. The smallest absolute Gasteiger partial charge is 0.264 e. The molecule has 49 heavy (non-hydrogen) atoms. The van der Waals surface area contributed by atoms with Gasteiger partial charge in [-0.2, -0.15) is 0 Å². The van der Waals surface area contributed by atoms with Crippen LogP contribution in [0.4, 0.5) is 5.69 Å². The van der Waals surface area contributed by atoms with Crippen LogP contribution in [0.25, 0.3) is 0 Å². The fraction of sp³-hybridized carbons (Fsp3) is 0.316. The van der Waals surface area contributed by atoms with Crippen molar-refractivity contribution in [3.05, 3.63) is 119 Å². The van der Waals surface area contributed by atoms with Gasteiger partial charge in [0.1, 0.15) is 18.3 Å². The predicted molar refractivity (Wildman–Crippen MR) is 199 cm³/mol. The monoisotopic (exact) mass is 763 g/mol. The molecular formula is C38H42BrN3O5S2. The van der Waals surface area contributed by atoms with Gasteiger partial charge in [-0.25, -0.2) is 8.42 Å². The number of hydrogen-bond acceptors (Lipinski definition) is 6. The van der Waals surface area contributed by atoms with Gasteiger partial charge < -0.3 is 15.0 Å². The number of para-hydroxylation sites is 2. The van der Waals surface area contributed by atoms with Gasteiger partial charge in [-0.15, -0.1) is 11.8 Å². The summed E-state index contributed by atoms with van der Waals surface area (Å²) < 4.78 is 36.8. The summed E-state index contributed by atoms with van der Waals surface area (Å²) in [6.45, 7) is 1.67. The number of nitrogens with one attached hydrogen (secondary N) is 1. The molecule has 0 radical (unpaired) electrons. The van der Waals surface area contributed by atoms with Crippen LogP contribution in [0, 0.1) is 0 Å². The number of thioether (sulfide) groups is 1. The Bertz CT molecular complexity index is 1820. The molecule has 1 fully saturated rings. The van der Waals surface area contributed by atoms with Gasteiger partial charge in [0.2, 0.25) is 11.8 Å². The molecule has 0 aliphatic heterocycles. The number of anilines is 1. The van der Waals surface area contributed by atoms with Crippen molar-refractivity contribution < 1.29 is 22.7 Å². The van der Waals surface area contributed by atoms with Crippen LogP contribution in [-0.2, 0) is 32.6 Å². The second-order valence-electron chi connectivity index (χ2n) is 11.9. The first-order valence-electron chi connectivity index (χ1n) is 16.5. The van der Waals surface area contributed by atoms with Crippen LogP contribution in [0.1, 0.15) is 43.7 Å². The molecule has 8 nitrogen and oxygen atoms in total. The molecule has 0 heterocycles. The molecule has 1 saturated carbocycles. The zero-order valence-corrected chi connectivity index (χ0v) is 31.0. The number of halogens is 1. The minimum atomic E-state index is -4.26. The van der Waals surface area contributed by atoms with Crippen molar-refractivity contribution >= 4 is 55.2 Å². The molecule has 1 aliphatic rings. The number of carbonyl (C=O) groups excluding carboxylic acids is 2. The number of benzene rings is 4. The van der Waals surface area contributed by atoms with Crippen molar-refractivity contribution in [2.75, 3.05) is 23.7 Å². The van der Waals surface area contributed by atoms with Crippen molar-refractivity contribution in [2.45, 2.75) is 67.4 Å². The Morgan fingerprint density at radius 2 is 1.59 bits per heavy atom. The third kappa shape index (κ3) is 9.46. The first-order chi connectivity index (χ1) is 23.7. The molecule has 2 amide bonds. The molecule has 0 unspecified atom stereocenters. The number of sulfonamides is 1. The Kier molecular flexibility index (Phi) is 12.8. The number of nitrogens with zero attached hydrogens (tertiary/aromatic N) is 2. The van der Waals surface area contributed by atoms with E-state index in [1.165, 1.54) is 16.7 Å². The van der Waals surface area contributed by atoms with Gasteiger partial charge in [-0.05, 0) is 85.7 Å². The van der Waals surface area contributed by atoms with Crippen LogP contribution >= 0.6 is 27.7 Å². The summed E-state index contributed by atoms with van der Waals surface area (Å²) in [5.74, 6) is -0.436. The number of carbonyl (C=O) groups is 2. The number of amides is 2. The van der Waals surface area contributed by atoms with Crippen LogP contribution in [0.2, 0.25) is 0 Å². The van der Waals surface area contributed by atoms with Crippen molar-refractivity contribution in [3.63, 3.8) is 0 Å². The molecule has 1 aliphatic carbocycles. The highest BCUT2D eigenvalue weighted by atomic mass is 79.9. The first kappa shape index (κ1) is 36.5. The molecule has 1 atom stereocenters. The Labute approximate surface area is 302 Å². The summed E-state index contributed by atoms with van der Waals surface area (Å²) >= 11 is 5.04. The van der Waals surface area contributed by atoms with Crippen molar-refractivity contribution in [3.8, 4) is 5.75 Å². The molecule has 0 aromatic heterocycles. The van der Waals surface area contributed by atoms with Crippen molar-refractivity contribution in [1.29, 1.82) is 0 Å². The Morgan fingerprint density at radius 1 is 0.918 bits per heavy atom. The van der Waals surface area contributed by atoms with Crippen LogP contribution in [0.3, 0.4) is 0 Å².